The fourth-order valence-corrected chi connectivity index (χ4v) is 2.84. The van der Waals surface area contributed by atoms with Crippen molar-refractivity contribution in [2.75, 3.05) is 14.2 Å². The number of methoxy groups -OCH3 is 1. The predicted octanol–water partition coefficient (Wildman–Crippen LogP) is 3.70. The van der Waals surface area contributed by atoms with E-state index in [0.717, 1.165) is 17.0 Å². The summed E-state index contributed by atoms with van der Waals surface area (Å²) >= 11 is 0. The van der Waals surface area contributed by atoms with Gasteiger partial charge in [0, 0.05) is 38.0 Å². The van der Waals surface area contributed by atoms with Gasteiger partial charge in [-0.05, 0) is 32.0 Å². The first-order valence-electron chi connectivity index (χ1n) is 8.56. The number of rotatable bonds is 6. The molecule has 3 rings (SSSR count). The van der Waals surface area contributed by atoms with E-state index in [4.69, 9.17) is 13.9 Å². The molecule has 1 amide bonds. The van der Waals surface area contributed by atoms with Gasteiger partial charge in [0.1, 0.15) is 0 Å². The summed E-state index contributed by atoms with van der Waals surface area (Å²) in [5, 5.41) is 4.39. The first-order chi connectivity index (χ1) is 12.9. The van der Waals surface area contributed by atoms with E-state index in [2.05, 4.69) is 5.10 Å². The molecule has 7 heteroatoms. The average molecular weight is 369 g/mol. The molecule has 3 aromatic rings. The van der Waals surface area contributed by atoms with Crippen molar-refractivity contribution in [3.63, 3.8) is 0 Å². The topological polar surface area (TPSA) is 69.7 Å². The maximum absolute atomic E-state index is 12.7. The number of aromatic nitrogens is 2. The monoisotopic (exact) mass is 369 g/mol. The lowest BCUT2D eigenvalue weighted by Gasteiger charge is -2.16. The SMILES string of the molecule is COc1ccccc1Oc1ccc(C(=O)N(C)Cc2c(C)nn(C)c2C)o1. The van der Waals surface area contributed by atoms with Crippen LogP contribution in [0.4, 0.5) is 0 Å². The minimum absolute atomic E-state index is 0.210. The van der Waals surface area contributed by atoms with Crippen LogP contribution in [0.15, 0.2) is 40.8 Å². The first kappa shape index (κ1) is 18.6. The third-order valence-electron chi connectivity index (χ3n) is 4.47. The molecule has 0 aliphatic heterocycles. The predicted molar refractivity (Wildman–Crippen MR) is 100 cm³/mol. The van der Waals surface area contributed by atoms with E-state index in [0.29, 0.717) is 18.0 Å². The van der Waals surface area contributed by atoms with E-state index in [1.807, 2.05) is 37.7 Å². The van der Waals surface area contributed by atoms with Gasteiger partial charge in [0.05, 0.1) is 12.8 Å². The van der Waals surface area contributed by atoms with Crippen molar-refractivity contribution >= 4 is 5.91 Å². The van der Waals surface area contributed by atoms with Crippen molar-refractivity contribution in [3.05, 3.63) is 59.1 Å². The molecule has 0 N–H and O–H groups in total. The summed E-state index contributed by atoms with van der Waals surface area (Å²) < 4.78 is 18.3. The lowest BCUT2D eigenvalue weighted by Crippen LogP contribution is -2.26. The van der Waals surface area contributed by atoms with Crippen molar-refractivity contribution < 1.29 is 18.7 Å². The van der Waals surface area contributed by atoms with E-state index >= 15 is 0 Å². The quantitative estimate of drug-likeness (QED) is 0.663. The molecule has 0 saturated carbocycles. The fourth-order valence-electron chi connectivity index (χ4n) is 2.84. The van der Waals surface area contributed by atoms with Gasteiger partial charge in [-0.2, -0.15) is 5.10 Å². The summed E-state index contributed by atoms with van der Waals surface area (Å²) in [6.45, 7) is 4.38. The number of nitrogens with zero attached hydrogens (tertiary/aromatic N) is 3. The highest BCUT2D eigenvalue weighted by molar-refractivity contribution is 5.91. The Kier molecular flexibility index (Phi) is 5.21. The Labute approximate surface area is 158 Å². The Morgan fingerprint density at radius 2 is 1.89 bits per heavy atom. The van der Waals surface area contributed by atoms with Crippen LogP contribution in [0.3, 0.4) is 0 Å². The molecule has 27 heavy (non-hydrogen) atoms. The van der Waals surface area contributed by atoms with Crippen molar-refractivity contribution in [2.45, 2.75) is 20.4 Å². The molecule has 1 aromatic carbocycles. The molecule has 0 radical (unpaired) electrons. The molecule has 0 aliphatic carbocycles. The summed E-state index contributed by atoms with van der Waals surface area (Å²) in [6.07, 6.45) is 0. The normalized spacial score (nSPS) is 10.7. The van der Waals surface area contributed by atoms with Crippen LogP contribution in [0, 0.1) is 13.8 Å². The zero-order valence-electron chi connectivity index (χ0n) is 16.1. The Morgan fingerprint density at radius 3 is 2.52 bits per heavy atom. The van der Waals surface area contributed by atoms with E-state index in [9.17, 15) is 4.79 Å². The molecule has 7 nitrogen and oxygen atoms in total. The Morgan fingerprint density at radius 1 is 1.19 bits per heavy atom. The van der Waals surface area contributed by atoms with Crippen molar-refractivity contribution in [2.24, 2.45) is 7.05 Å². The van der Waals surface area contributed by atoms with Crippen LogP contribution in [0.2, 0.25) is 0 Å². The number of hydrogen-bond donors (Lipinski definition) is 0. The van der Waals surface area contributed by atoms with Crippen LogP contribution >= 0.6 is 0 Å². The minimum Gasteiger partial charge on any atom is -0.493 e. The smallest absolute Gasteiger partial charge is 0.290 e. The van der Waals surface area contributed by atoms with E-state index < -0.39 is 0 Å². The van der Waals surface area contributed by atoms with Gasteiger partial charge < -0.3 is 18.8 Å². The van der Waals surface area contributed by atoms with Gasteiger partial charge in [-0.1, -0.05) is 12.1 Å². The van der Waals surface area contributed by atoms with Crippen molar-refractivity contribution in [3.8, 4) is 17.4 Å². The Balaban J connectivity index is 1.72. The standard InChI is InChI=1S/C20H23N3O4/c1-13-15(14(2)23(4)21-13)12-22(3)20(24)18-10-11-19(27-18)26-17-9-7-6-8-16(17)25-5/h6-11H,12H2,1-5H3. The van der Waals surface area contributed by atoms with Gasteiger partial charge >= 0.3 is 0 Å². The zero-order valence-corrected chi connectivity index (χ0v) is 16.1. The highest BCUT2D eigenvalue weighted by atomic mass is 16.6. The van der Waals surface area contributed by atoms with Crippen molar-refractivity contribution in [1.29, 1.82) is 0 Å². The number of para-hydroxylation sites is 2. The number of benzene rings is 1. The third-order valence-corrected chi connectivity index (χ3v) is 4.47. The number of carbonyl (C=O) groups is 1. The second kappa shape index (κ2) is 7.57. The Bertz CT molecular complexity index is 958. The molecule has 0 spiro atoms. The summed E-state index contributed by atoms with van der Waals surface area (Å²) in [4.78, 5) is 14.3. The highest BCUT2D eigenvalue weighted by Gasteiger charge is 2.20. The average Bonchev–Trinajstić information content (AvgIpc) is 3.21. The third kappa shape index (κ3) is 3.81. The fraction of sp³-hybridized carbons (Fsp3) is 0.300. The van der Waals surface area contributed by atoms with E-state index in [1.54, 1.807) is 43.3 Å². The molecule has 142 valence electrons. The molecular formula is C20H23N3O4. The summed E-state index contributed by atoms with van der Waals surface area (Å²) in [7, 11) is 5.19. The Hall–Kier alpha value is -3.22. The molecule has 0 bridgehead atoms. The number of ether oxygens (including phenoxy) is 2. The minimum atomic E-state index is -0.229. The van der Waals surface area contributed by atoms with Gasteiger partial charge in [0.2, 0.25) is 0 Å². The van der Waals surface area contributed by atoms with Crippen LogP contribution in [0.1, 0.15) is 27.5 Å². The van der Waals surface area contributed by atoms with Crippen LogP contribution in [0.25, 0.3) is 0 Å². The molecule has 0 fully saturated rings. The number of hydrogen-bond acceptors (Lipinski definition) is 5. The van der Waals surface area contributed by atoms with Gasteiger partial charge in [-0.25, -0.2) is 0 Å². The molecule has 0 unspecified atom stereocenters. The second-order valence-corrected chi connectivity index (χ2v) is 6.31. The first-order valence-corrected chi connectivity index (χ1v) is 8.56. The number of furan rings is 1. The maximum Gasteiger partial charge on any atom is 0.290 e. The number of carbonyl (C=O) groups excluding carboxylic acids is 1. The molecule has 0 atom stereocenters. The maximum atomic E-state index is 12.7. The molecule has 0 aliphatic rings. The van der Waals surface area contributed by atoms with Gasteiger partial charge in [0.15, 0.2) is 17.3 Å². The number of aryl methyl sites for hydroxylation is 2. The lowest BCUT2D eigenvalue weighted by molar-refractivity contribution is 0.0748. The summed E-state index contributed by atoms with van der Waals surface area (Å²) in [6, 6.07) is 10.5. The molecule has 2 aromatic heterocycles. The van der Waals surface area contributed by atoms with E-state index in [1.165, 1.54) is 0 Å². The number of amides is 1. The largest absolute Gasteiger partial charge is 0.493 e. The molecule has 2 heterocycles. The summed E-state index contributed by atoms with van der Waals surface area (Å²) in [5.41, 5.74) is 2.98. The second-order valence-electron chi connectivity index (χ2n) is 6.31. The van der Waals surface area contributed by atoms with Crippen LogP contribution in [0.5, 0.6) is 17.4 Å². The molecule has 0 saturated heterocycles. The van der Waals surface area contributed by atoms with Gasteiger partial charge in [-0.15, -0.1) is 0 Å². The van der Waals surface area contributed by atoms with E-state index in [-0.39, 0.29) is 17.6 Å². The van der Waals surface area contributed by atoms with Crippen LogP contribution in [-0.2, 0) is 13.6 Å². The van der Waals surface area contributed by atoms with Gasteiger partial charge in [0.25, 0.3) is 11.9 Å². The zero-order chi connectivity index (χ0) is 19.6. The van der Waals surface area contributed by atoms with Gasteiger partial charge in [-0.3, -0.25) is 9.48 Å². The summed E-state index contributed by atoms with van der Waals surface area (Å²) in [5.74, 6) is 1.31. The van der Waals surface area contributed by atoms with Crippen molar-refractivity contribution in [1.82, 2.24) is 14.7 Å². The van der Waals surface area contributed by atoms with Crippen LogP contribution in [-0.4, -0.2) is 34.7 Å². The highest BCUT2D eigenvalue weighted by Crippen LogP contribution is 2.32. The van der Waals surface area contributed by atoms with Crippen LogP contribution < -0.4 is 9.47 Å². The molecular weight excluding hydrogens is 346 g/mol. The lowest BCUT2D eigenvalue weighted by atomic mass is 10.2.